The second-order valence-electron chi connectivity index (χ2n) is 4.98. The Balaban J connectivity index is 2.41. The third kappa shape index (κ3) is 5.36. The van der Waals surface area contributed by atoms with Crippen LogP contribution in [0.5, 0.6) is 0 Å². The van der Waals surface area contributed by atoms with Gasteiger partial charge in [0.15, 0.2) is 0 Å². The molecule has 1 unspecified atom stereocenters. The first-order valence-electron chi connectivity index (χ1n) is 6.37. The molecule has 0 aromatic rings. The molecule has 1 rings (SSSR count). The number of likely N-dealkylation sites (tertiary alicyclic amines) is 1. The van der Waals surface area contributed by atoms with E-state index in [1.54, 1.807) is 16.7 Å². The Morgan fingerprint density at radius 2 is 2.26 bits per heavy atom. The summed E-state index contributed by atoms with van der Waals surface area (Å²) in [6.07, 6.45) is 1.33. The molecule has 0 aromatic heterocycles. The van der Waals surface area contributed by atoms with E-state index >= 15 is 0 Å². The zero-order valence-corrected chi connectivity index (χ0v) is 12.2. The van der Waals surface area contributed by atoms with E-state index in [-0.39, 0.29) is 31.0 Å². The molecule has 0 spiro atoms. The predicted octanol–water partition coefficient (Wildman–Crippen LogP) is -0.000600. The molecule has 1 fully saturated rings. The minimum Gasteiger partial charge on any atom is -0.369 e. The molecule has 1 aliphatic heterocycles. The van der Waals surface area contributed by atoms with Crippen LogP contribution in [0.25, 0.3) is 0 Å². The number of thioether (sulfide) groups is 1. The van der Waals surface area contributed by atoms with Gasteiger partial charge in [-0.25, -0.2) is 4.39 Å². The van der Waals surface area contributed by atoms with Gasteiger partial charge in [-0.2, -0.15) is 11.8 Å². The van der Waals surface area contributed by atoms with Crippen molar-refractivity contribution in [1.82, 2.24) is 10.2 Å². The van der Waals surface area contributed by atoms with Crippen molar-refractivity contribution < 1.29 is 14.0 Å². The van der Waals surface area contributed by atoms with Crippen molar-refractivity contribution in [3.63, 3.8) is 0 Å². The van der Waals surface area contributed by atoms with E-state index in [2.05, 4.69) is 5.32 Å². The number of alkyl halides is 1. The fourth-order valence-corrected chi connectivity index (χ4v) is 2.90. The Morgan fingerprint density at radius 1 is 1.58 bits per heavy atom. The lowest BCUT2D eigenvalue weighted by atomic mass is 10.1. The van der Waals surface area contributed by atoms with Gasteiger partial charge in [0.2, 0.25) is 11.8 Å². The maximum absolute atomic E-state index is 13.4. The third-order valence-corrected chi connectivity index (χ3v) is 4.05. The summed E-state index contributed by atoms with van der Waals surface area (Å²) in [6, 6.07) is -0.145. The highest BCUT2D eigenvalue weighted by Crippen LogP contribution is 2.19. The molecule has 3 N–H and O–H groups in total. The van der Waals surface area contributed by atoms with Gasteiger partial charge in [-0.05, 0) is 12.7 Å². The van der Waals surface area contributed by atoms with Gasteiger partial charge in [0.05, 0.1) is 6.54 Å². The molecule has 7 heteroatoms. The zero-order valence-electron chi connectivity index (χ0n) is 11.4. The van der Waals surface area contributed by atoms with Gasteiger partial charge < -0.3 is 11.1 Å². The van der Waals surface area contributed by atoms with Crippen molar-refractivity contribution in [3.8, 4) is 0 Å². The number of nitrogens with one attached hydrogen (secondary N) is 1. The largest absolute Gasteiger partial charge is 0.369 e. The molecule has 0 radical (unpaired) electrons. The number of hydrogen-bond donors (Lipinski definition) is 2. The highest BCUT2D eigenvalue weighted by atomic mass is 32.2. The molecule has 110 valence electrons. The van der Waals surface area contributed by atoms with Crippen LogP contribution < -0.4 is 11.1 Å². The molecule has 5 nitrogen and oxygen atoms in total. The van der Waals surface area contributed by atoms with E-state index in [1.807, 2.05) is 13.2 Å². The maximum atomic E-state index is 13.4. The van der Waals surface area contributed by atoms with Gasteiger partial charge in [0.1, 0.15) is 6.17 Å². The number of amides is 2. The van der Waals surface area contributed by atoms with Crippen molar-refractivity contribution in [2.24, 2.45) is 11.7 Å². The Hall–Kier alpha value is -0.820. The molecule has 0 aromatic carbocycles. The minimum absolute atomic E-state index is 0.0318. The van der Waals surface area contributed by atoms with Gasteiger partial charge in [0.25, 0.3) is 0 Å². The summed E-state index contributed by atoms with van der Waals surface area (Å²) in [5, 5.41) is 2.82. The smallest absolute Gasteiger partial charge is 0.231 e. The monoisotopic (exact) mass is 291 g/mol. The lowest BCUT2D eigenvalue weighted by Gasteiger charge is -2.23. The van der Waals surface area contributed by atoms with E-state index in [1.165, 1.54) is 0 Å². The number of halogens is 1. The standard InChI is InChI=1S/C12H22FN3O2S/c1-8(7-19-2)12(18)15-4-10-3-9(13)5-16(10)6-11(14)17/h8-10H,3-7H2,1-2H3,(H2,14,17)(H,15,18)/t8?,9-,10-/m0/s1. The van der Waals surface area contributed by atoms with E-state index in [0.717, 1.165) is 5.75 Å². The molecular formula is C12H22FN3O2S. The van der Waals surface area contributed by atoms with Crippen LogP contribution in [0, 0.1) is 5.92 Å². The Bertz CT molecular complexity index is 330. The first-order valence-corrected chi connectivity index (χ1v) is 7.76. The highest BCUT2D eigenvalue weighted by molar-refractivity contribution is 7.98. The lowest BCUT2D eigenvalue weighted by Crippen LogP contribution is -2.44. The SMILES string of the molecule is CSCC(C)C(=O)NC[C@@H]1C[C@H](F)CN1CC(N)=O. The number of carbonyl (C=O) groups is 2. The molecule has 0 saturated carbocycles. The van der Waals surface area contributed by atoms with Gasteiger partial charge in [0, 0.05) is 30.8 Å². The fraction of sp³-hybridized carbons (Fsp3) is 0.833. The molecule has 1 aliphatic rings. The van der Waals surface area contributed by atoms with Gasteiger partial charge in [-0.1, -0.05) is 6.92 Å². The summed E-state index contributed by atoms with van der Waals surface area (Å²) in [5.41, 5.74) is 5.13. The van der Waals surface area contributed by atoms with Crippen molar-refractivity contribution >= 4 is 23.6 Å². The quantitative estimate of drug-likeness (QED) is 0.692. The van der Waals surface area contributed by atoms with Crippen LogP contribution >= 0.6 is 11.8 Å². The van der Waals surface area contributed by atoms with Crippen LogP contribution in [0.4, 0.5) is 4.39 Å². The first kappa shape index (κ1) is 16.2. The lowest BCUT2D eigenvalue weighted by molar-refractivity contribution is -0.124. The van der Waals surface area contributed by atoms with Crippen molar-refractivity contribution in [3.05, 3.63) is 0 Å². The number of rotatable bonds is 7. The fourth-order valence-electron chi connectivity index (χ4n) is 2.25. The van der Waals surface area contributed by atoms with Crippen molar-refractivity contribution in [2.75, 3.05) is 31.6 Å². The first-order chi connectivity index (χ1) is 8.93. The average molecular weight is 291 g/mol. The van der Waals surface area contributed by atoms with Crippen molar-refractivity contribution in [1.29, 1.82) is 0 Å². The van der Waals surface area contributed by atoms with Gasteiger partial charge >= 0.3 is 0 Å². The molecule has 2 amide bonds. The predicted molar refractivity (Wildman–Crippen MR) is 74.6 cm³/mol. The molecule has 1 heterocycles. The van der Waals surface area contributed by atoms with Crippen LogP contribution in [0.2, 0.25) is 0 Å². The van der Waals surface area contributed by atoms with Crippen LogP contribution in [0.1, 0.15) is 13.3 Å². The number of primary amides is 1. The molecule has 1 saturated heterocycles. The van der Waals surface area contributed by atoms with Crippen molar-refractivity contribution in [2.45, 2.75) is 25.6 Å². The van der Waals surface area contributed by atoms with E-state index < -0.39 is 12.1 Å². The Kier molecular flexibility index (Phi) is 6.57. The summed E-state index contributed by atoms with van der Waals surface area (Å²) in [5.74, 6) is 0.187. The summed E-state index contributed by atoms with van der Waals surface area (Å²) < 4.78 is 13.4. The Labute approximate surface area is 117 Å². The second kappa shape index (κ2) is 7.69. The summed E-state index contributed by atoms with van der Waals surface area (Å²) in [4.78, 5) is 24.4. The Morgan fingerprint density at radius 3 is 2.84 bits per heavy atom. The zero-order chi connectivity index (χ0) is 14.4. The number of nitrogens with zero attached hydrogens (tertiary/aromatic N) is 1. The molecule has 0 aliphatic carbocycles. The minimum atomic E-state index is -0.954. The van der Waals surface area contributed by atoms with Gasteiger partial charge in [-0.3, -0.25) is 14.5 Å². The van der Waals surface area contributed by atoms with Crippen LogP contribution in [-0.2, 0) is 9.59 Å². The number of nitrogens with two attached hydrogens (primary N) is 1. The molecule has 19 heavy (non-hydrogen) atoms. The molecule has 0 bridgehead atoms. The third-order valence-electron chi connectivity index (χ3n) is 3.21. The van der Waals surface area contributed by atoms with E-state index in [0.29, 0.717) is 13.0 Å². The summed E-state index contributed by atoms with van der Waals surface area (Å²) in [6.45, 7) is 2.48. The average Bonchev–Trinajstić information content (AvgIpc) is 2.65. The highest BCUT2D eigenvalue weighted by Gasteiger charge is 2.33. The number of hydrogen-bond acceptors (Lipinski definition) is 4. The van der Waals surface area contributed by atoms with E-state index in [9.17, 15) is 14.0 Å². The van der Waals surface area contributed by atoms with Crippen LogP contribution in [0.3, 0.4) is 0 Å². The normalized spacial score (nSPS) is 25.2. The summed E-state index contributed by atoms with van der Waals surface area (Å²) in [7, 11) is 0. The molecular weight excluding hydrogens is 269 g/mol. The van der Waals surface area contributed by atoms with Crippen LogP contribution in [-0.4, -0.2) is 60.6 Å². The van der Waals surface area contributed by atoms with E-state index in [4.69, 9.17) is 5.73 Å². The summed E-state index contributed by atoms with van der Waals surface area (Å²) >= 11 is 1.61. The topological polar surface area (TPSA) is 75.4 Å². The maximum Gasteiger partial charge on any atom is 0.231 e. The second-order valence-corrected chi connectivity index (χ2v) is 5.89. The molecule has 3 atom stereocenters. The van der Waals surface area contributed by atoms with Gasteiger partial charge in [-0.15, -0.1) is 0 Å². The number of carbonyl (C=O) groups excluding carboxylic acids is 2. The van der Waals surface area contributed by atoms with Crippen LogP contribution in [0.15, 0.2) is 0 Å².